The number of aliphatic carboxylic acids is 1. The van der Waals surface area contributed by atoms with Crippen LogP contribution < -0.4 is 0 Å². The molecule has 5 heteroatoms. The number of carboxylic acid groups (broad SMARTS) is 1. The average molecular weight is 200 g/mol. The molecule has 78 valence electrons. The maximum absolute atomic E-state index is 11.0. The molecule has 0 aromatic carbocycles. The first kappa shape index (κ1) is 10.7. The van der Waals surface area contributed by atoms with Crippen LogP contribution in [0.15, 0.2) is 12.2 Å². The Morgan fingerprint density at radius 1 is 1.64 bits per heavy atom. The van der Waals surface area contributed by atoms with E-state index in [0.717, 1.165) is 12.2 Å². The number of ether oxygens (including phenoxy) is 2. The quantitative estimate of drug-likeness (QED) is 0.393. The van der Waals surface area contributed by atoms with Crippen LogP contribution in [0.5, 0.6) is 0 Å². The average Bonchev–Trinajstić information content (AvgIpc) is 2.94. The van der Waals surface area contributed by atoms with E-state index in [2.05, 4.69) is 0 Å². The molecule has 0 aliphatic carbocycles. The summed E-state index contributed by atoms with van der Waals surface area (Å²) in [5.74, 6) is -1.81. The van der Waals surface area contributed by atoms with Crippen molar-refractivity contribution in [1.29, 1.82) is 0 Å². The van der Waals surface area contributed by atoms with Crippen LogP contribution in [-0.2, 0) is 19.1 Å². The predicted octanol–water partition coefficient (Wildman–Crippen LogP) is 0.348. The Morgan fingerprint density at radius 2 is 2.29 bits per heavy atom. The molecule has 1 N–H and O–H groups in total. The topological polar surface area (TPSA) is 76.1 Å². The van der Waals surface area contributed by atoms with Crippen LogP contribution in [0.3, 0.4) is 0 Å². The fourth-order valence-corrected chi connectivity index (χ4v) is 1.02. The summed E-state index contributed by atoms with van der Waals surface area (Å²) >= 11 is 0. The zero-order chi connectivity index (χ0) is 10.6. The molecule has 1 heterocycles. The summed E-state index contributed by atoms with van der Waals surface area (Å²) in [4.78, 5) is 21.1. The van der Waals surface area contributed by atoms with Gasteiger partial charge in [0.05, 0.1) is 6.61 Å². The van der Waals surface area contributed by atoms with Gasteiger partial charge in [-0.15, -0.1) is 0 Å². The van der Waals surface area contributed by atoms with Crippen molar-refractivity contribution in [3.63, 3.8) is 0 Å². The van der Waals surface area contributed by atoms with Crippen molar-refractivity contribution in [2.75, 3.05) is 6.61 Å². The van der Waals surface area contributed by atoms with Gasteiger partial charge in [-0.25, -0.2) is 9.59 Å². The zero-order valence-electron chi connectivity index (χ0n) is 7.80. The predicted molar refractivity (Wildman–Crippen MR) is 46.7 cm³/mol. The van der Waals surface area contributed by atoms with Crippen LogP contribution in [0.25, 0.3) is 0 Å². The van der Waals surface area contributed by atoms with Gasteiger partial charge in [0.2, 0.25) is 0 Å². The lowest BCUT2D eigenvalue weighted by atomic mass is 10.2. The number of hydrogen-bond acceptors (Lipinski definition) is 4. The monoisotopic (exact) mass is 200 g/mol. The van der Waals surface area contributed by atoms with E-state index in [9.17, 15) is 9.59 Å². The summed E-state index contributed by atoms with van der Waals surface area (Å²) in [5.41, 5.74) is 0. The van der Waals surface area contributed by atoms with Crippen LogP contribution in [0.2, 0.25) is 0 Å². The Kier molecular flexibility index (Phi) is 3.64. The second-order valence-corrected chi connectivity index (χ2v) is 2.93. The summed E-state index contributed by atoms with van der Waals surface area (Å²) in [6.45, 7) is 2.48. The lowest BCUT2D eigenvalue weighted by molar-refractivity contribution is -0.144. The largest absolute Gasteiger partial charge is 0.478 e. The lowest BCUT2D eigenvalue weighted by Gasteiger charge is -2.11. The van der Waals surface area contributed by atoms with Gasteiger partial charge in [0.1, 0.15) is 12.2 Å². The minimum atomic E-state index is -1.17. The highest BCUT2D eigenvalue weighted by atomic mass is 16.6. The van der Waals surface area contributed by atoms with E-state index in [4.69, 9.17) is 14.6 Å². The smallest absolute Gasteiger partial charge is 0.331 e. The van der Waals surface area contributed by atoms with Crippen LogP contribution in [0, 0.1) is 0 Å². The molecular weight excluding hydrogens is 188 g/mol. The maximum atomic E-state index is 11.0. The van der Waals surface area contributed by atoms with Gasteiger partial charge in [0.25, 0.3) is 0 Å². The van der Waals surface area contributed by atoms with E-state index in [-0.39, 0.29) is 12.2 Å². The van der Waals surface area contributed by atoms with Crippen molar-refractivity contribution in [2.24, 2.45) is 0 Å². The molecule has 1 saturated heterocycles. The highest BCUT2D eigenvalue weighted by molar-refractivity contribution is 5.90. The number of rotatable bonds is 5. The molecule has 5 nitrogen and oxygen atoms in total. The fourth-order valence-electron chi connectivity index (χ4n) is 1.02. The Bertz CT molecular complexity index is 254. The van der Waals surface area contributed by atoms with E-state index < -0.39 is 11.9 Å². The maximum Gasteiger partial charge on any atom is 0.331 e. The summed E-state index contributed by atoms with van der Waals surface area (Å²) in [7, 11) is 0. The van der Waals surface area contributed by atoms with Gasteiger partial charge in [-0.1, -0.05) is 6.92 Å². The van der Waals surface area contributed by atoms with E-state index >= 15 is 0 Å². The molecule has 0 radical (unpaired) electrons. The van der Waals surface area contributed by atoms with Crippen molar-refractivity contribution < 1.29 is 24.2 Å². The van der Waals surface area contributed by atoms with Gasteiger partial charge in [0.15, 0.2) is 0 Å². The first-order chi connectivity index (χ1) is 6.63. The van der Waals surface area contributed by atoms with E-state index in [1.54, 1.807) is 0 Å². The van der Waals surface area contributed by atoms with Crippen molar-refractivity contribution in [3.05, 3.63) is 12.2 Å². The van der Waals surface area contributed by atoms with Crippen LogP contribution in [-0.4, -0.2) is 35.9 Å². The van der Waals surface area contributed by atoms with Crippen molar-refractivity contribution in [2.45, 2.75) is 25.6 Å². The highest BCUT2D eigenvalue weighted by Crippen LogP contribution is 2.19. The van der Waals surface area contributed by atoms with Gasteiger partial charge in [-0.2, -0.15) is 0 Å². The van der Waals surface area contributed by atoms with Gasteiger partial charge >= 0.3 is 11.9 Å². The first-order valence-electron chi connectivity index (χ1n) is 4.36. The Morgan fingerprint density at radius 3 is 2.71 bits per heavy atom. The molecule has 0 spiro atoms. The normalized spacial score (nSPS) is 21.9. The van der Waals surface area contributed by atoms with Gasteiger partial charge in [0, 0.05) is 12.2 Å². The molecule has 14 heavy (non-hydrogen) atoms. The standard InChI is InChI=1S/C9H12O5/c1-2-6(7-5-13-7)14-9(12)4-3-8(10)11/h3-4,6-7H,2,5H2,1H3,(H,10,11)/b4-3-. The van der Waals surface area contributed by atoms with Gasteiger partial charge in [-0.05, 0) is 6.42 Å². The molecule has 0 amide bonds. The number of carbonyl (C=O) groups excluding carboxylic acids is 1. The summed E-state index contributed by atoms with van der Waals surface area (Å²) in [6.07, 6.45) is 2.04. The number of epoxide rings is 1. The molecule has 1 aliphatic heterocycles. The minimum absolute atomic E-state index is 0.0119. The van der Waals surface area contributed by atoms with E-state index in [1.165, 1.54) is 0 Å². The summed E-state index contributed by atoms with van der Waals surface area (Å²) in [5, 5.41) is 8.26. The van der Waals surface area contributed by atoms with Crippen LogP contribution >= 0.6 is 0 Å². The first-order valence-corrected chi connectivity index (χ1v) is 4.36. The summed E-state index contributed by atoms with van der Waals surface area (Å²) in [6, 6.07) is 0. The highest BCUT2D eigenvalue weighted by Gasteiger charge is 2.33. The third kappa shape index (κ3) is 3.57. The molecule has 2 atom stereocenters. The number of esters is 1. The second-order valence-electron chi connectivity index (χ2n) is 2.93. The molecular formula is C9H12O5. The SMILES string of the molecule is CCC(OC(=O)/C=C\C(=O)O)C1CO1. The van der Waals surface area contributed by atoms with Gasteiger partial charge < -0.3 is 14.6 Å². The molecule has 0 aromatic heterocycles. The van der Waals surface area contributed by atoms with Crippen LogP contribution in [0.4, 0.5) is 0 Å². The van der Waals surface area contributed by atoms with E-state index in [1.807, 2.05) is 6.92 Å². The molecule has 0 bridgehead atoms. The fraction of sp³-hybridized carbons (Fsp3) is 0.556. The Hall–Kier alpha value is -1.36. The molecule has 1 rings (SSSR count). The molecule has 0 saturated carbocycles. The zero-order valence-corrected chi connectivity index (χ0v) is 7.80. The molecule has 1 fully saturated rings. The van der Waals surface area contributed by atoms with E-state index in [0.29, 0.717) is 13.0 Å². The third-order valence-corrected chi connectivity index (χ3v) is 1.81. The second kappa shape index (κ2) is 4.76. The number of hydrogen-bond donors (Lipinski definition) is 1. The Balaban J connectivity index is 2.34. The molecule has 0 aromatic rings. The van der Waals surface area contributed by atoms with Crippen LogP contribution in [0.1, 0.15) is 13.3 Å². The van der Waals surface area contributed by atoms with Crippen molar-refractivity contribution >= 4 is 11.9 Å². The van der Waals surface area contributed by atoms with Crippen molar-refractivity contribution in [1.82, 2.24) is 0 Å². The molecule has 1 aliphatic rings. The van der Waals surface area contributed by atoms with Gasteiger partial charge in [-0.3, -0.25) is 0 Å². The lowest BCUT2D eigenvalue weighted by Crippen LogP contribution is -2.21. The van der Waals surface area contributed by atoms with Crippen molar-refractivity contribution in [3.8, 4) is 0 Å². The minimum Gasteiger partial charge on any atom is -0.478 e. The third-order valence-electron chi connectivity index (χ3n) is 1.81. The Labute approximate surface area is 81.3 Å². The number of carbonyl (C=O) groups is 2. The number of carboxylic acids is 1. The summed E-state index contributed by atoms with van der Waals surface area (Å²) < 4.78 is 9.93. The molecule has 2 unspecified atom stereocenters.